The lowest BCUT2D eigenvalue weighted by atomic mass is 9.96. The predicted molar refractivity (Wildman–Crippen MR) is 69.7 cm³/mol. The minimum absolute atomic E-state index is 0.0765. The molecule has 2 aliphatic heterocycles. The molecule has 1 saturated carbocycles. The zero-order chi connectivity index (χ0) is 12.9. The summed E-state index contributed by atoms with van der Waals surface area (Å²) in [6, 6.07) is 3.95. The number of aromatic nitrogens is 1. The number of pyridine rings is 1. The monoisotopic (exact) mass is 258 g/mol. The highest BCUT2D eigenvalue weighted by Crippen LogP contribution is 2.43. The van der Waals surface area contributed by atoms with Crippen LogP contribution in [-0.2, 0) is 11.3 Å². The van der Waals surface area contributed by atoms with Gasteiger partial charge in [0.1, 0.15) is 0 Å². The van der Waals surface area contributed by atoms with Crippen LogP contribution in [0.4, 0.5) is 0 Å². The van der Waals surface area contributed by atoms with Crippen molar-refractivity contribution in [3.05, 3.63) is 29.6 Å². The number of ether oxygens (including phenoxy) is 1. The molecule has 1 amide bonds. The van der Waals surface area contributed by atoms with Crippen molar-refractivity contribution in [3.8, 4) is 0 Å². The number of carbonyl (C=O) groups is 1. The normalized spacial score (nSPS) is 28.3. The molecule has 1 spiro atoms. The molecule has 4 rings (SSSR count). The highest BCUT2D eigenvalue weighted by atomic mass is 16.5. The van der Waals surface area contributed by atoms with E-state index in [1.807, 2.05) is 17.0 Å². The van der Waals surface area contributed by atoms with Gasteiger partial charge in [0, 0.05) is 6.20 Å². The molecule has 1 saturated heterocycles. The van der Waals surface area contributed by atoms with Gasteiger partial charge in [-0.2, -0.15) is 0 Å². The average molecular weight is 258 g/mol. The van der Waals surface area contributed by atoms with Crippen LogP contribution in [0.2, 0.25) is 0 Å². The van der Waals surface area contributed by atoms with E-state index in [-0.39, 0.29) is 17.6 Å². The Labute approximate surface area is 112 Å². The fourth-order valence-corrected chi connectivity index (χ4v) is 3.83. The van der Waals surface area contributed by atoms with Gasteiger partial charge in [0.15, 0.2) is 0 Å². The number of nitrogens with zero attached hydrogens (tertiary/aromatic N) is 2. The van der Waals surface area contributed by atoms with E-state index in [0.717, 1.165) is 30.5 Å². The first-order chi connectivity index (χ1) is 9.27. The zero-order valence-corrected chi connectivity index (χ0v) is 11.0. The molecule has 0 aromatic carbocycles. The zero-order valence-electron chi connectivity index (χ0n) is 11.0. The van der Waals surface area contributed by atoms with Gasteiger partial charge in [-0.3, -0.25) is 9.78 Å². The number of hydrogen-bond acceptors (Lipinski definition) is 3. The fourth-order valence-electron chi connectivity index (χ4n) is 3.83. The van der Waals surface area contributed by atoms with Crippen LogP contribution in [0.1, 0.15) is 48.2 Å². The molecular weight excluding hydrogens is 240 g/mol. The predicted octanol–water partition coefficient (Wildman–Crippen LogP) is 2.14. The van der Waals surface area contributed by atoms with E-state index in [4.69, 9.17) is 4.74 Å². The van der Waals surface area contributed by atoms with Crippen molar-refractivity contribution in [3.63, 3.8) is 0 Å². The molecular formula is C15H18N2O2. The van der Waals surface area contributed by atoms with E-state index in [1.54, 1.807) is 6.20 Å². The van der Waals surface area contributed by atoms with Gasteiger partial charge in [-0.15, -0.1) is 0 Å². The van der Waals surface area contributed by atoms with Gasteiger partial charge < -0.3 is 9.64 Å². The van der Waals surface area contributed by atoms with Crippen molar-refractivity contribution in [2.45, 2.75) is 50.3 Å². The summed E-state index contributed by atoms with van der Waals surface area (Å²) >= 11 is 0. The highest BCUT2D eigenvalue weighted by Gasteiger charge is 2.46. The molecule has 1 aromatic rings. The molecule has 1 atom stereocenters. The number of fused-ring (bicyclic) bond motifs is 1. The maximum atomic E-state index is 12.4. The first kappa shape index (κ1) is 11.4. The van der Waals surface area contributed by atoms with Crippen LogP contribution in [0.5, 0.6) is 0 Å². The quantitative estimate of drug-likeness (QED) is 0.775. The Balaban J connectivity index is 1.55. The summed E-state index contributed by atoms with van der Waals surface area (Å²) in [5.74, 6) is 0.131. The van der Waals surface area contributed by atoms with E-state index >= 15 is 0 Å². The molecule has 0 radical (unpaired) electrons. The Morgan fingerprint density at radius 1 is 1.37 bits per heavy atom. The molecule has 4 nitrogen and oxygen atoms in total. The Kier molecular flexibility index (Phi) is 2.42. The summed E-state index contributed by atoms with van der Waals surface area (Å²) in [6.07, 6.45) is 7.63. The van der Waals surface area contributed by atoms with E-state index < -0.39 is 0 Å². The van der Waals surface area contributed by atoms with E-state index in [9.17, 15) is 4.79 Å². The van der Waals surface area contributed by atoms with E-state index in [1.165, 1.54) is 12.8 Å². The van der Waals surface area contributed by atoms with Crippen molar-refractivity contribution in [2.24, 2.45) is 0 Å². The van der Waals surface area contributed by atoms with Gasteiger partial charge in [-0.25, -0.2) is 0 Å². The second-order valence-corrected chi connectivity index (χ2v) is 5.99. The van der Waals surface area contributed by atoms with Gasteiger partial charge in [0.05, 0.1) is 36.1 Å². The maximum absolute atomic E-state index is 12.4. The first-order valence-corrected chi connectivity index (χ1v) is 7.16. The van der Waals surface area contributed by atoms with Gasteiger partial charge in [0.2, 0.25) is 0 Å². The van der Waals surface area contributed by atoms with Crippen LogP contribution in [0.3, 0.4) is 0 Å². The number of rotatable bonds is 1. The standard InChI is InChI=1S/C15H18N2O2/c18-14-12-4-3-7-16-13(12)9-17(14)11-8-15(19-10-11)5-1-2-6-15/h3-4,7,11H,1-2,5-6,8-10H2/t11-/m0/s1. The van der Waals surface area contributed by atoms with Crippen LogP contribution in [0, 0.1) is 0 Å². The largest absolute Gasteiger partial charge is 0.373 e. The molecule has 3 heterocycles. The second-order valence-electron chi connectivity index (χ2n) is 5.99. The third-order valence-electron chi connectivity index (χ3n) is 4.85. The third-order valence-corrected chi connectivity index (χ3v) is 4.85. The molecule has 0 unspecified atom stereocenters. The van der Waals surface area contributed by atoms with E-state index in [2.05, 4.69) is 4.98 Å². The Morgan fingerprint density at radius 3 is 3.00 bits per heavy atom. The van der Waals surface area contributed by atoms with E-state index in [0.29, 0.717) is 13.2 Å². The summed E-state index contributed by atoms with van der Waals surface area (Å²) in [5, 5.41) is 0. The summed E-state index contributed by atoms with van der Waals surface area (Å²) in [5.41, 5.74) is 1.77. The molecule has 19 heavy (non-hydrogen) atoms. The van der Waals surface area contributed by atoms with Crippen LogP contribution in [-0.4, -0.2) is 34.0 Å². The third kappa shape index (κ3) is 1.70. The second kappa shape index (κ2) is 4.04. The summed E-state index contributed by atoms with van der Waals surface area (Å²) in [6.45, 7) is 1.35. The van der Waals surface area contributed by atoms with Crippen molar-refractivity contribution in [1.82, 2.24) is 9.88 Å². The van der Waals surface area contributed by atoms with Crippen molar-refractivity contribution in [2.75, 3.05) is 6.61 Å². The van der Waals surface area contributed by atoms with Crippen molar-refractivity contribution < 1.29 is 9.53 Å². The minimum Gasteiger partial charge on any atom is -0.373 e. The summed E-state index contributed by atoms with van der Waals surface area (Å²) in [7, 11) is 0. The Hall–Kier alpha value is -1.42. The van der Waals surface area contributed by atoms with Gasteiger partial charge in [-0.1, -0.05) is 12.8 Å². The number of carbonyl (C=O) groups excluding carboxylic acids is 1. The molecule has 3 aliphatic rings. The van der Waals surface area contributed by atoms with Crippen molar-refractivity contribution >= 4 is 5.91 Å². The molecule has 1 aliphatic carbocycles. The summed E-state index contributed by atoms with van der Waals surface area (Å²) < 4.78 is 6.06. The molecule has 4 heteroatoms. The molecule has 100 valence electrons. The summed E-state index contributed by atoms with van der Waals surface area (Å²) in [4.78, 5) is 18.7. The lowest BCUT2D eigenvalue weighted by Crippen LogP contribution is -2.37. The number of hydrogen-bond donors (Lipinski definition) is 0. The number of amides is 1. The SMILES string of the molecule is O=C1c2cccnc2CN1[C@@H]1COC2(CCCC2)C1. The van der Waals surface area contributed by atoms with Crippen LogP contribution < -0.4 is 0 Å². The van der Waals surface area contributed by atoms with Crippen LogP contribution in [0.15, 0.2) is 18.3 Å². The molecule has 0 N–H and O–H groups in total. The average Bonchev–Trinajstić information content (AvgIpc) is 3.13. The Bertz CT molecular complexity index is 523. The fraction of sp³-hybridized carbons (Fsp3) is 0.600. The van der Waals surface area contributed by atoms with Crippen molar-refractivity contribution in [1.29, 1.82) is 0 Å². The Morgan fingerprint density at radius 2 is 2.21 bits per heavy atom. The lowest BCUT2D eigenvalue weighted by molar-refractivity contribution is 0.00827. The van der Waals surface area contributed by atoms with Crippen LogP contribution in [0.25, 0.3) is 0 Å². The smallest absolute Gasteiger partial charge is 0.256 e. The lowest BCUT2D eigenvalue weighted by Gasteiger charge is -2.25. The maximum Gasteiger partial charge on any atom is 0.256 e. The highest BCUT2D eigenvalue weighted by molar-refractivity contribution is 5.97. The first-order valence-electron chi connectivity index (χ1n) is 7.16. The molecule has 0 bridgehead atoms. The molecule has 2 fully saturated rings. The van der Waals surface area contributed by atoms with Crippen LogP contribution >= 0.6 is 0 Å². The van der Waals surface area contributed by atoms with Gasteiger partial charge in [-0.05, 0) is 31.4 Å². The molecule has 1 aromatic heterocycles. The van der Waals surface area contributed by atoms with Gasteiger partial charge in [0.25, 0.3) is 5.91 Å². The van der Waals surface area contributed by atoms with Gasteiger partial charge >= 0.3 is 0 Å². The minimum atomic E-state index is 0.0765. The topological polar surface area (TPSA) is 42.4 Å².